The third kappa shape index (κ3) is 3.70. The Morgan fingerprint density at radius 2 is 1.38 bits per heavy atom. The molecule has 45 heavy (non-hydrogen) atoms. The summed E-state index contributed by atoms with van der Waals surface area (Å²) in [6.45, 7) is 3.92. The maximum absolute atomic E-state index is 6.90. The van der Waals surface area contributed by atoms with Crippen LogP contribution in [-0.4, -0.2) is 19.1 Å². The summed E-state index contributed by atoms with van der Waals surface area (Å²) >= 11 is 0. The third-order valence-electron chi connectivity index (χ3n) is 9.90. The molecule has 1 aliphatic carbocycles. The fraction of sp³-hybridized carbons (Fsp3) is 0.179. The minimum absolute atomic E-state index is 0.0998. The maximum atomic E-state index is 6.90. The second kappa shape index (κ2) is 9.99. The molecular formula is C39H34N4O2. The quantitative estimate of drug-likeness (QED) is 0.203. The highest BCUT2D eigenvalue weighted by Crippen LogP contribution is 2.62. The number of anilines is 1. The predicted molar refractivity (Wildman–Crippen MR) is 178 cm³/mol. The molecule has 3 atom stereocenters. The van der Waals surface area contributed by atoms with Gasteiger partial charge < -0.3 is 20.1 Å². The van der Waals surface area contributed by atoms with Crippen molar-refractivity contribution in [2.75, 3.05) is 18.0 Å². The molecule has 9 rings (SSSR count). The van der Waals surface area contributed by atoms with Crippen LogP contribution in [0.1, 0.15) is 40.9 Å². The molecule has 1 saturated heterocycles. The number of nitrogens with two attached hydrogens (primary N) is 1. The molecule has 0 saturated carbocycles. The number of hydrogen-bond donors (Lipinski definition) is 3. The first kappa shape index (κ1) is 26.4. The number of rotatable bonds is 3. The minimum atomic E-state index is -0.638. The number of para-hydroxylation sites is 2. The Hall–Kier alpha value is -5.04. The van der Waals surface area contributed by atoms with Crippen molar-refractivity contribution in [3.8, 4) is 23.0 Å². The fourth-order valence-corrected chi connectivity index (χ4v) is 8.03. The SMILES string of the molecule is C/C=C\C1=C(N)N(c2ccc3c(c2)Oc2ccccc2C32c3ccccc3Oc3cc(C4NCCN4)ccc32)C2C=CC=CC12. The number of nitrogens with one attached hydrogen (secondary N) is 2. The lowest BCUT2D eigenvalue weighted by Gasteiger charge is -2.45. The molecule has 0 radical (unpaired) electrons. The van der Waals surface area contributed by atoms with Gasteiger partial charge in [-0.3, -0.25) is 10.6 Å². The van der Waals surface area contributed by atoms with Gasteiger partial charge in [0.25, 0.3) is 0 Å². The van der Waals surface area contributed by atoms with E-state index in [1.807, 2.05) is 19.1 Å². The van der Waals surface area contributed by atoms with Gasteiger partial charge in [0.1, 0.15) is 28.8 Å². The summed E-state index contributed by atoms with van der Waals surface area (Å²) in [4.78, 5) is 2.25. The van der Waals surface area contributed by atoms with Crippen LogP contribution in [-0.2, 0) is 5.41 Å². The van der Waals surface area contributed by atoms with Crippen LogP contribution in [0.3, 0.4) is 0 Å². The number of ether oxygens (including phenoxy) is 2. The standard InChI is InChI=1S/C39H34N4O2/c1-2-9-27-26-10-3-6-13-32(26)43(37(27)40)25-17-19-31-36(23-25)45-34-15-8-5-12-29(34)39(31)28-11-4-7-14-33(28)44-35-22-24(16-18-30(35)39)38-41-20-21-42-38/h2-19,22-23,26,32,38,41-42H,20-21,40H2,1H3/b9-2-. The Morgan fingerprint density at radius 3 is 2.09 bits per heavy atom. The van der Waals surface area contributed by atoms with Gasteiger partial charge in [0.15, 0.2) is 0 Å². The maximum Gasteiger partial charge on any atom is 0.134 e. The molecule has 4 aromatic carbocycles. The fourth-order valence-electron chi connectivity index (χ4n) is 8.03. The molecular weight excluding hydrogens is 556 g/mol. The molecule has 3 unspecified atom stereocenters. The van der Waals surface area contributed by atoms with E-state index in [0.717, 1.165) is 81.0 Å². The van der Waals surface area contributed by atoms with Gasteiger partial charge in [-0.25, -0.2) is 0 Å². The van der Waals surface area contributed by atoms with Crippen molar-refractivity contribution in [2.24, 2.45) is 11.7 Å². The van der Waals surface area contributed by atoms with Gasteiger partial charge in [0, 0.05) is 58.6 Å². The van der Waals surface area contributed by atoms with E-state index >= 15 is 0 Å². The summed E-state index contributed by atoms with van der Waals surface area (Å²) in [5.41, 5.74) is 13.9. The van der Waals surface area contributed by atoms with E-state index in [-0.39, 0.29) is 18.1 Å². The van der Waals surface area contributed by atoms with E-state index < -0.39 is 5.41 Å². The van der Waals surface area contributed by atoms with E-state index in [4.69, 9.17) is 15.2 Å². The topological polar surface area (TPSA) is 71.8 Å². The highest BCUT2D eigenvalue weighted by atomic mass is 16.5. The van der Waals surface area contributed by atoms with Crippen molar-refractivity contribution < 1.29 is 9.47 Å². The van der Waals surface area contributed by atoms with Gasteiger partial charge in [-0.2, -0.15) is 0 Å². The number of allylic oxidation sites excluding steroid dienone is 4. The van der Waals surface area contributed by atoms with Crippen molar-refractivity contribution in [3.63, 3.8) is 0 Å². The van der Waals surface area contributed by atoms with E-state index in [1.165, 1.54) is 0 Å². The van der Waals surface area contributed by atoms with Crippen molar-refractivity contribution in [3.05, 3.63) is 161 Å². The van der Waals surface area contributed by atoms with Gasteiger partial charge >= 0.3 is 0 Å². The predicted octanol–water partition coefficient (Wildman–Crippen LogP) is 7.15. The number of nitrogens with zero attached hydrogens (tertiary/aromatic N) is 1. The first-order valence-electron chi connectivity index (χ1n) is 15.8. The Balaban J connectivity index is 1.27. The molecule has 0 aromatic heterocycles. The molecule has 4 aromatic rings. The molecule has 4 aliphatic heterocycles. The van der Waals surface area contributed by atoms with Gasteiger partial charge in [0.05, 0.1) is 17.6 Å². The zero-order chi connectivity index (χ0) is 30.1. The molecule has 0 amide bonds. The van der Waals surface area contributed by atoms with Gasteiger partial charge in [-0.15, -0.1) is 0 Å². The normalized spacial score (nSPS) is 24.2. The Morgan fingerprint density at radius 1 is 0.756 bits per heavy atom. The Bertz CT molecular complexity index is 1970. The van der Waals surface area contributed by atoms with E-state index in [0.29, 0.717) is 0 Å². The van der Waals surface area contributed by atoms with Crippen LogP contribution in [0.25, 0.3) is 0 Å². The second-order valence-electron chi connectivity index (χ2n) is 12.2. The second-order valence-corrected chi connectivity index (χ2v) is 12.2. The van der Waals surface area contributed by atoms with Crippen LogP contribution in [0.4, 0.5) is 5.69 Å². The third-order valence-corrected chi connectivity index (χ3v) is 9.90. The number of hydrogen-bond acceptors (Lipinski definition) is 6. The van der Waals surface area contributed by atoms with Gasteiger partial charge in [-0.05, 0) is 36.8 Å². The molecule has 1 fully saturated rings. The highest BCUT2D eigenvalue weighted by molar-refractivity contribution is 5.77. The van der Waals surface area contributed by atoms with Crippen molar-refractivity contribution in [1.29, 1.82) is 0 Å². The largest absolute Gasteiger partial charge is 0.457 e. The zero-order valence-corrected chi connectivity index (χ0v) is 25.0. The van der Waals surface area contributed by atoms with Crippen molar-refractivity contribution in [2.45, 2.75) is 24.5 Å². The van der Waals surface area contributed by atoms with Crippen molar-refractivity contribution >= 4 is 5.69 Å². The van der Waals surface area contributed by atoms with Crippen molar-refractivity contribution in [1.82, 2.24) is 10.6 Å². The van der Waals surface area contributed by atoms with E-state index in [9.17, 15) is 0 Å². The lowest BCUT2D eigenvalue weighted by atomic mass is 9.62. The average molecular weight is 591 g/mol. The average Bonchev–Trinajstić information content (AvgIpc) is 3.71. The van der Waals surface area contributed by atoms with E-state index in [2.05, 4.69) is 125 Å². The summed E-state index contributed by atoms with van der Waals surface area (Å²) in [6.07, 6.45) is 13.0. The molecule has 6 nitrogen and oxygen atoms in total. The van der Waals surface area contributed by atoms with Crippen LogP contribution in [0.2, 0.25) is 0 Å². The Labute approximate surface area is 263 Å². The Kier molecular flexibility index (Phi) is 5.85. The lowest BCUT2D eigenvalue weighted by molar-refractivity contribution is 0.398. The molecule has 6 heteroatoms. The molecule has 4 heterocycles. The van der Waals surface area contributed by atoms with Crippen LogP contribution in [0, 0.1) is 5.92 Å². The molecule has 0 bridgehead atoms. The molecule has 5 aliphatic rings. The lowest BCUT2D eigenvalue weighted by Crippen LogP contribution is -2.38. The van der Waals surface area contributed by atoms with Crippen LogP contribution >= 0.6 is 0 Å². The van der Waals surface area contributed by atoms with Crippen LogP contribution < -0.4 is 30.7 Å². The highest BCUT2D eigenvalue weighted by Gasteiger charge is 2.51. The van der Waals surface area contributed by atoms with E-state index in [1.54, 1.807) is 0 Å². The summed E-state index contributed by atoms with van der Waals surface area (Å²) in [5.74, 6) is 4.34. The first-order chi connectivity index (χ1) is 22.2. The molecule has 1 spiro atoms. The summed E-state index contributed by atoms with van der Waals surface area (Å²) in [5, 5.41) is 7.10. The summed E-state index contributed by atoms with van der Waals surface area (Å²) < 4.78 is 13.5. The summed E-state index contributed by atoms with van der Waals surface area (Å²) in [6, 6.07) is 30.2. The summed E-state index contributed by atoms with van der Waals surface area (Å²) in [7, 11) is 0. The molecule has 222 valence electrons. The van der Waals surface area contributed by atoms with Crippen LogP contribution in [0.15, 0.2) is 133 Å². The minimum Gasteiger partial charge on any atom is -0.457 e. The van der Waals surface area contributed by atoms with Gasteiger partial charge in [0.2, 0.25) is 0 Å². The monoisotopic (exact) mass is 590 g/mol. The molecule has 4 N–H and O–H groups in total. The van der Waals surface area contributed by atoms with Crippen LogP contribution in [0.5, 0.6) is 23.0 Å². The zero-order valence-electron chi connectivity index (χ0n) is 25.0. The first-order valence-corrected chi connectivity index (χ1v) is 15.8. The number of fused-ring (bicyclic) bond motifs is 9. The smallest absolute Gasteiger partial charge is 0.134 e. The number of benzene rings is 4. The van der Waals surface area contributed by atoms with Gasteiger partial charge in [-0.1, -0.05) is 91.1 Å².